The summed E-state index contributed by atoms with van der Waals surface area (Å²) in [7, 11) is 0. The Balaban J connectivity index is 1.47. The van der Waals surface area contributed by atoms with Crippen LogP contribution in [-0.4, -0.2) is 16.6 Å². The molecular formula is C21H20N2OS2. The fourth-order valence-electron chi connectivity index (χ4n) is 2.34. The van der Waals surface area contributed by atoms with Crippen LogP contribution in [0.15, 0.2) is 82.8 Å². The highest BCUT2D eigenvalue weighted by atomic mass is 32.2. The number of hydrogen-bond donors (Lipinski definition) is 1. The van der Waals surface area contributed by atoms with Gasteiger partial charge in [0.15, 0.2) is 0 Å². The van der Waals surface area contributed by atoms with Crippen molar-refractivity contribution < 1.29 is 4.79 Å². The summed E-state index contributed by atoms with van der Waals surface area (Å²) >= 11 is 3.31. The predicted molar refractivity (Wildman–Crippen MR) is 111 cm³/mol. The van der Waals surface area contributed by atoms with E-state index in [4.69, 9.17) is 0 Å². The Morgan fingerprint density at radius 2 is 1.81 bits per heavy atom. The van der Waals surface area contributed by atoms with Crippen molar-refractivity contribution in [3.8, 4) is 0 Å². The van der Waals surface area contributed by atoms with E-state index >= 15 is 0 Å². The molecule has 26 heavy (non-hydrogen) atoms. The van der Waals surface area contributed by atoms with Gasteiger partial charge < -0.3 is 5.32 Å². The van der Waals surface area contributed by atoms with E-state index < -0.39 is 0 Å². The lowest BCUT2D eigenvalue weighted by Gasteiger charge is -2.08. The Morgan fingerprint density at radius 1 is 1.00 bits per heavy atom. The van der Waals surface area contributed by atoms with Gasteiger partial charge in [-0.1, -0.05) is 24.3 Å². The highest BCUT2D eigenvalue weighted by Crippen LogP contribution is 2.25. The Hall–Kier alpha value is -2.24. The van der Waals surface area contributed by atoms with E-state index in [1.165, 1.54) is 16.0 Å². The van der Waals surface area contributed by atoms with Gasteiger partial charge in [-0.15, -0.1) is 23.5 Å². The van der Waals surface area contributed by atoms with E-state index in [9.17, 15) is 4.79 Å². The fourth-order valence-corrected chi connectivity index (χ4v) is 4.01. The van der Waals surface area contributed by atoms with Crippen LogP contribution in [0.4, 0.5) is 5.69 Å². The molecule has 0 saturated heterocycles. The molecule has 0 aliphatic heterocycles. The van der Waals surface area contributed by atoms with Crippen molar-refractivity contribution in [1.29, 1.82) is 0 Å². The number of amides is 1. The number of benzene rings is 2. The third-order valence-corrected chi connectivity index (χ3v) is 5.98. The molecule has 2 aromatic carbocycles. The van der Waals surface area contributed by atoms with Gasteiger partial charge in [0, 0.05) is 33.6 Å². The molecule has 0 saturated carbocycles. The van der Waals surface area contributed by atoms with Crippen molar-refractivity contribution in [1.82, 2.24) is 4.98 Å². The first kappa shape index (κ1) is 18.5. The lowest BCUT2D eigenvalue weighted by atomic mass is 10.2. The number of pyridine rings is 1. The van der Waals surface area contributed by atoms with E-state index in [-0.39, 0.29) is 5.91 Å². The van der Waals surface area contributed by atoms with Gasteiger partial charge in [-0.2, -0.15) is 0 Å². The van der Waals surface area contributed by atoms with Crippen molar-refractivity contribution in [3.63, 3.8) is 0 Å². The molecular weight excluding hydrogens is 360 g/mol. The normalized spacial score (nSPS) is 10.5. The van der Waals surface area contributed by atoms with Crippen LogP contribution in [0, 0.1) is 6.92 Å². The van der Waals surface area contributed by atoms with Crippen LogP contribution in [0.25, 0.3) is 0 Å². The van der Waals surface area contributed by atoms with E-state index in [1.807, 2.05) is 54.7 Å². The summed E-state index contributed by atoms with van der Waals surface area (Å²) in [6, 6.07) is 20.1. The molecule has 0 spiro atoms. The number of nitrogens with zero attached hydrogens (tertiary/aromatic N) is 1. The Bertz CT molecular complexity index is 851. The molecule has 3 aromatic rings. The molecule has 0 aliphatic carbocycles. The maximum absolute atomic E-state index is 12.1. The van der Waals surface area contributed by atoms with Gasteiger partial charge in [0.1, 0.15) is 0 Å². The summed E-state index contributed by atoms with van der Waals surface area (Å²) < 4.78 is 0. The zero-order valence-electron chi connectivity index (χ0n) is 14.5. The van der Waals surface area contributed by atoms with Crippen LogP contribution in [-0.2, 0) is 10.5 Å². The first-order valence-corrected chi connectivity index (χ1v) is 10.3. The molecule has 1 heterocycles. The lowest BCUT2D eigenvalue weighted by Crippen LogP contribution is -2.13. The second kappa shape index (κ2) is 9.46. The standard InChI is InChI=1S/C21H20N2OS2/c1-16-5-2-3-7-20(16)26-15-21(24)23-18-8-10-19(11-9-18)25-14-17-6-4-12-22-13-17/h2-13H,14-15H2,1H3,(H,23,24). The minimum Gasteiger partial charge on any atom is -0.325 e. The number of carbonyl (C=O) groups is 1. The number of rotatable bonds is 7. The van der Waals surface area contributed by atoms with Crippen LogP contribution in [0.5, 0.6) is 0 Å². The highest BCUT2D eigenvalue weighted by Gasteiger charge is 2.05. The number of carbonyl (C=O) groups excluding carboxylic acids is 1. The minimum absolute atomic E-state index is 0.00835. The van der Waals surface area contributed by atoms with Gasteiger partial charge in [-0.25, -0.2) is 0 Å². The third kappa shape index (κ3) is 5.64. The van der Waals surface area contributed by atoms with Crippen molar-refractivity contribution in [2.24, 2.45) is 0 Å². The molecule has 5 heteroatoms. The van der Waals surface area contributed by atoms with Crippen LogP contribution >= 0.6 is 23.5 Å². The summed E-state index contributed by atoms with van der Waals surface area (Å²) in [6.07, 6.45) is 3.66. The molecule has 3 rings (SSSR count). The second-order valence-corrected chi connectivity index (χ2v) is 7.84. The summed E-state index contributed by atoms with van der Waals surface area (Å²) in [4.78, 5) is 18.6. The van der Waals surface area contributed by atoms with Crippen molar-refractivity contribution in [2.75, 3.05) is 11.1 Å². The smallest absolute Gasteiger partial charge is 0.234 e. The van der Waals surface area contributed by atoms with Crippen molar-refractivity contribution in [3.05, 3.63) is 84.2 Å². The first-order chi connectivity index (χ1) is 12.7. The summed E-state index contributed by atoms with van der Waals surface area (Å²) in [5.74, 6) is 1.30. The number of hydrogen-bond acceptors (Lipinski definition) is 4. The number of thioether (sulfide) groups is 2. The Kier molecular flexibility index (Phi) is 6.75. The quantitative estimate of drug-likeness (QED) is 0.556. The van der Waals surface area contributed by atoms with Gasteiger partial charge >= 0.3 is 0 Å². The monoisotopic (exact) mass is 380 g/mol. The molecule has 132 valence electrons. The van der Waals surface area contributed by atoms with Crippen molar-refractivity contribution in [2.45, 2.75) is 22.5 Å². The van der Waals surface area contributed by atoms with Gasteiger partial charge in [-0.05, 0) is 54.4 Å². The average Bonchev–Trinajstić information content (AvgIpc) is 2.68. The SMILES string of the molecule is Cc1ccccc1SCC(=O)Nc1ccc(SCc2cccnc2)cc1. The van der Waals surface area contributed by atoms with E-state index in [1.54, 1.807) is 29.7 Å². The molecule has 0 aliphatic rings. The van der Waals surface area contributed by atoms with Gasteiger partial charge in [0.25, 0.3) is 0 Å². The molecule has 1 aromatic heterocycles. The Morgan fingerprint density at radius 3 is 2.54 bits per heavy atom. The fraction of sp³-hybridized carbons (Fsp3) is 0.143. The molecule has 0 unspecified atom stereocenters. The van der Waals surface area contributed by atoms with Crippen LogP contribution in [0.1, 0.15) is 11.1 Å². The van der Waals surface area contributed by atoms with E-state index in [0.29, 0.717) is 5.75 Å². The van der Waals surface area contributed by atoms with Crippen LogP contribution in [0.2, 0.25) is 0 Å². The molecule has 3 nitrogen and oxygen atoms in total. The number of aryl methyl sites for hydroxylation is 1. The average molecular weight is 381 g/mol. The van der Waals surface area contributed by atoms with Crippen LogP contribution < -0.4 is 5.32 Å². The second-order valence-electron chi connectivity index (χ2n) is 5.78. The van der Waals surface area contributed by atoms with Gasteiger partial charge in [0.05, 0.1) is 5.75 Å². The van der Waals surface area contributed by atoms with Gasteiger partial charge in [0.2, 0.25) is 5.91 Å². The third-order valence-electron chi connectivity index (χ3n) is 3.72. The van der Waals surface area contributed by atoms with Crippen LogP contribution in [0.3, 0.4) is 0 Å². The van der Waals surface area contributed by atoms with Crippen molar-refractivity contribution >= 4 is 35.1 Å². The van der Waals surface area contributed by atoms with E-state index in [0.717, 1.165) is 16.3 Å². The summed E-state index contributed by atoms with van der Waals surface area (Å²) in [5.41, 5.74) is 3.22. The van der Waals surface area contributed by atoms with Gasteiger partial charge in [-0.3, -0.25) is 9.78 Å². The highest BCUT2D eigenvalue weighted by molar-refractivity contribution is 8.00. The topological polar surface area (TPSA) is 42.0 Å². The number of nitrogens with one attached hydrogen (secondary N) is 1. The predicted octanol–water partition coefficient (Wildman–Crippen LogP) is 5.41. The summed E-state index contributed by atoms with van der Waals surface area (Å²) in [6.45, 7) is 2.06. The number of aromatic nitrogens is 1. The molecule has 0 radical (unpaired) electrons. The molecule has 0 fully saturated rings. The molecule has 1 N–H and O–H groups in total. The minimum atomic E-state index is 0.00835. The molecule has 1 amide bonds. The molecule has 0 bridgehead atoms. The lowest BCUT2D eigenvalue weighted by molar-refractivity contribution is -0.113. The zero-order valence-corrected chi connectivity index (χ0v) is 16.1. The summed E-state index contributed by atoms with van der Waals surface area (Å²) in [5, 5.41) is 2.95. The first-order valence-electron chi connectivity index (χ1n) is 8.31. The zero-order chi connectivity index (χ0) is 18.2. The maximum Gasteiger partial charge on any atom is 0.234 e. The van der Waals surface area contributed by atoms with E-state index in [2.05, 4.69) is 29.4 Å². The largest absolute Gasteiger partial charge is 0.325 e. The Labute approximate surface area is 162 Å². The maximum atomic E-state index is 12.1. The molecule has 0 atom stereocenters. The number of anilines is 1.